The van der Waals surface area contributed by atoms with Gasteiger partial charge in [-0.15, -0.1) is 10.2 Å². The summed E-state index contributed by atoms with van der Waals surface area (Å²) < 4.78 is 2.10. The molecule has 0 aliphatic carbocycles. The van der Waals surface area contributed by atoms with Gasteiger partial charge in [0.2, 0.25) is 0 Å². The molecule has 2 atom stereocenters. The zero-order chi connectivity index (χ0) is 19.8. The number of aryl methyl sites for hydroxylation is 1. The first-order valence-corrected chi connectivity index (χ1v) is 10.7. The molecule has 0 radical (unpaired) electrons. The van der Waals surface area contributed by atoms with E-state index in [0.717, 1.165) is 50.9 Å². The van der Waals surface area contributed by atoms with Gasteiger partial charge in [-0.05, 0) is 30.7 Å². The Bertz CT molecular complexity index is 738. The SMILES string of the molecule is CCNC(=NCCn1cnnc1CC)N1CCC(c2ccccc2)C(CC)C1. The van der Waals surface area contributed by atoms with Gasteiger partial charge in [-0.3, -0.25) is 4.99 Å². The van der Waals surface area contributed by atoms with E-state index in [1.807, 2.05) is 0 Å². The molecule has 1 N–H and O–H groups in total. The highest BCUT2D eigenvalue weighted by molar-refractivity contribution is 5.80. The topological polar surface area (TPSA) is 58.3 Å². The number of rotatable bonds is 7. The van der Waals surface area contributed by atoms with Crippen molar-refractivity contribution in [3.8, 4) is 0 Å². The van der Waals surface area contributed by atoms with Crippen molar-refractivity contribution in [2.45, 2.75) is 52.5 Å². The van der Waals surface area contributed by atoms with Crippen LogP contribution in [0.1, 0.15) is 50.9 Å². The molecule has 1 aromatic heterocycles. The van der Waals surface area contributed by atoms with Crippen LogP contribution in [-0.4, -0.2) is 51.8 Å². The van der Waals surface area contributed by atoms with Gasteiger partial charge >= 0.3 is 0 Å². The molecule has 0 bridgehead atoms. The number of hydrogen-bond donors (Lipinski definition) is 1. The lowest BCUT2D eigenvalue weighted by molar-refractivity contribution is 0.215. The first-order valence-electron chi connectivity index (χ1n) is 10.7. The minimum absolute atomic E-state index is 0.648. The average Bonchev–Trinajstić information content (AvgIpc) is 3.21. The van der Waals surface area contributed by atoms with Crippen LogP contribution >= 0.6 is 0 Å². The summed E-state index contributed by atoms with van der Waals surface area (Å²) in [6.07, 6.45) is 5.07. The van der Waals surface area contributed by atoms with Gasteiger partial charge in [-0.2, -0.15) is 0 Å². The number of benzene rings is 1. The van der Waals surface area contributed by atoms with Crippen LogP contribution in [0.4, 0.5) is 0 Å². The van der Waals surface area contributed by atoms with Gasteiger partial charge in [-0.25, -0.2) is 0 Å². The van der Waals surface area contributed by atoms with E-state index in [9.17, 15) is 0 Å². The third-order valence-corrected chi connectivity index (χ3v) is 5.73. The van der Waals surface area contributed by atoms with Gasteiger partial charge in [0, 0.05) is 32.6 Å². The van der Waals surface area contributed by atoms with Crippen LogP contribution in [0.5, 0.6) is 0 Å². The quantitative estimate of drug-likeness (QED) is 0.589. The molecule has 0 amide bonds. The van der Waals surface area contributed by atoms with Crippen molar-refractivity contribution in [3.05, 3.63) is 48.0 Å². The minimum atomic E-state index is 0.648. The fourth-order valence-electron chi connectivity index (χ4n) is 4.21. The third-order valence-electron chi connectivity index (χ3n) is 5.73. The zero-order valence-corrected chi connectivity index (χ0v) is 17.5. The summed E-state index contributed by atoms with van der Waals surface area (Å²) in [6.45, 7) is 11.1. The Balaban J connectivity index is 1.65. The van der Waals surface area contributed by atoms with E-state index in [2.05, 4.69) is 76.1 Å². The molecule has 2 aromatic rings. The van der Waals surface area contributed by atoms with Gasteiger partial charge in [0.05, 0.1) is 6.54 Å². The van der Waals surface area contributed by atoms with E-state index >= 15 is 0 Å². The monoisotopic (exact) mass is 382 g/mol. The molecule has 2 heterocycles. The Morgan fingerprint density at radius 3 is 2.75 bits per heavy atom. The second-order valence-corrected chi connectivity index (χ2v) is 7.45. The molecular weight excluding hydrogens is 348 g/mol. The molecule has 6 nitrogen and oxygen atoms in total. The van der Waals surface area contributed by atoms with E-state index in [4.69, 9.17) is 4.99 Å². The molecule has 2 unspecified atom stereocenters. The second kappa shape index (κ2) is 10.2. The van der Waals surface area contributed by atoms with Crippen LogP contribution < -0.4 is 5.32 Å². The number of piperidine rings is 1. The van der Waals surface area contributed by atoms with Gasteiger partial charge in [0.15, 0.2) is 5.96 Å². The van der Waals surface area contributed by atoms with E-state index in [-0.39, 0.29) is 0 Å². The number of aliphatic imine (C=N–C) groups is 1. The molecule has 0 saturated carbocycles. The molecule has 3 rings (SSSR count). The van der Waals surface area contributed by atoms with Crippen molar-refractivity contribution in [3.63, 3.8) is 0 Å². The van der Waals surface area contributed by atoms with Crippen molar-refractivity contribution < 1.29 is 0 Å². The number of guanidine groups is 1. The molecule has 1 aliphatic rings. The summed E-state index contributed by atoms with van der Waals surface area (Å²) in [5.41, 5.74) is 1.48. The largest absolute Gasteiger partial charge is 0.357 e. The minimum Gasteiger partial charge on any atom is -0.357 e. The Kier molecular flexibility index (Phi) is 7.46. The lowest BCUT2D eigenvalue weighted by atomic mass is 9.79. The predicted octanol–water partition coefficient (Wildman–Crippen LogP) is 3.32. The lowest BCUT2D eigenvalue weighted by Gasteiger charge is -2.40. The van der Waals surface area contributed by atoms with Crippen molar-refractivity contribution in [1.29, 1.82) is 0 Å². The van der Waals surface area contributed by atoms with Crippen LogP contribution in [0.2, 0.25) is 0 Å². The van der Waals surface area contributed by atoms with E-state index in [1.54, 1.807) is 6.33 Å². The molecular formula is C22H34N6. The summed E-state index contributed by atoms with van der Waals surface area (Å²) in [6, 6.07) is 11.0. The van der Waals surface area contributed by atoms with Gasteiger partial charge in [0.1, 0.15) is 12.2 Å². The standard InChI is InChI=1S/C22H34N6/c1-4-18-16-27(14-12-20(18)19-10-8-7-9-11-19)22(23-6-3)24-13-15-28-17-25-26-21(28)5-2/h7-11,17-18,20H,4-6,12-16H2,1-3H3,(H,23,24). The molecule has 1 fully saturated rings. The highest BCUT2D eigenvalue weighted by Crippen LogP contribution is 2.34. The normalized spacial score (nSPS) is 20.4. The fourth-order valence-corrected chi connectivity index (χ4v) is 4.21. The van der Waals surface area contributed by atoms with Crippen molar-refractivity contribution in [2.75, 3.05) is 26.2 Å². The maximum Gasteiger partial charge on any atom is 0.193 e. The smallest absolute Gasteiger partial charge is 0.193 e. The number of hydrogen-bond acceptors (Lipinski definition) is 3. The van der Waals surface area contributed by atoms with Crippen LogP contribution in [0, 0.1) is 5.92 Å². The maximum absolute atomic E-state index is 4.91. The number of nitrogens with zero attached hydrogens (tertiary/aromatic N) is 5. The van der Waals surface area contributed by atoms with E-state index in [1.165, 1.54) is 18.4 Å². The molecule has 0 spiro atoms. The Morgan fingerprint density at radius 2 is 2.04 bits per heavy atom. The van der Waals surface area contributed by atoms with Crippen LogP contribution in [0.25, 0.3) is 0 Å². The second-order valence-electron chi connectivity index (χ2n) is 7.45. The van der Waals surface area contributed by atoms with Gasteiger partial charge < -0.3 is 14.8 Å². The fraction of sp³-hybridized carbons (Fsp3) is 0.591. The molecule has 152 valence electrons. The molecule has 1 saturated heterocycles. The Hall–Kier alpha value is -2.37. The third kappa shape index (κ3) is 4.91. The Labute approximate surface area is 169 Å². The molecule has 1 aromatic carbocycles. The highest BCUT2D eigenvalue weighted by atomic mass is 15.3. The summed E-state index contributed by atoms with van der Waals surface area (Å²) in [5, 5.41) is 11.7. The first-order chi connectivity index (χ1) is 13.8. The first kappa shape index (κ1) is 20.4. The van der Waals surface area contributed by atoms with Crippen LogP contribution in [-0.2, 0) is 13.0 Å². The van der Waals surface area contributed by atoms with Crippen molar-refractivity contribution in [1.82, 2.24) is 25.0 Å². The molecule has 6 heteroatoms. The van der Waals surface area contributed by atoms with Crippen LogP contribution in [0.15, 0.2) is 41.7 Å². The zero-order valence-electron chi connectivity index (χ0n) is 17.5. The van der Waals surface area contributed by atoms with E-state index < -0.39 is 0 Å². The maximum atomic E-state index is 4.91. The summed E-state index contributed by atoms with van der Waals surface area (Å²) in [4.78, 5) is 7.36. The van der Waals surface area contributed by atoms with Crippen molar-refractivity contribution in [2.24, 2.45) is 10.9 Å². The molecule has 28 heavy (non-hydrogen) atoms. The lowest BCUT2D eigenvalue weighted by Crippen LogP contribution is -2.48. The van der Waals surface area contributed by atoms with E-state index in [0.29, 0.717) is 11.8 Å². The number of nitrogens with one attached hydrogen (secondary N) is 1. The van der Waals surface area contributed by atoms with Crippen molar-refractivity contribution >= 4 is 5.96 Å². The Morgan fingerprint density at radius 1 is 1.21 bits per heavy atom. The van der Waals surface area contributed by atoms with Gasteiger partial charge in [-0.1, -0.05) is 50.6 Å². The number of aromatic nitrogens is 3. The predicted molar refractivity (Wildman–Crippen MR) is 115 cm³/mol. The molecule has 1 aliphatic heterocycles. The van der Waals surface area contributed by atoms with Crippen LogP contribution in [0.3, 0.4) is 0 Å². The summed E-state index contributed by atoms with van der Waals surface area (Å²) in [7, 11) is 0. The average molecular weight is 383 g/mol. The summed E-state index contributed by atoms with van der Waals surface area (Å²) >= 11 is 0. The highest BCUT2D eigenvalue weighted by Gasteiger charge is 2.30. The van der Waals surface area contributed by atoms with Gasteiger partial charge in [0.25, 0.3) is 0 Å². The summed E-state index contributed by atoms with van der Waals surface area (Å²) in [5.74, 6) is 3.37. The number of likely N-dealkylation sites (tertiary alicyclic amines) is 1.